The molecule has 3 N–H and O–H groups in total. The van der Waals surface area contributed by atoms with E-state index in [1.165, 1.54) is 12.3 Å². The highest BCUT2D eigenvalue weighted by atomic mass is 32.2. The molecule has 4 bridgehead atoms. The molecular formula is C33H38F3N5O6S. The maximum atomic E-state index is 14.3. The third kappa shape index (κ3) is 7.07. The Morgan fingerprint density at radius 2 is 1.96 bits per heavy atom. The number of hydrogen-bond donors (Lipinski definition) is 3. The van der Waals surface area contributed by atoms with E-state index in [4.69, 9.17) is 4.74 Å². The van der Waals surface area contributed by atoms with Gasteiger partial charge in [-0.3, -0.25) is 24.4 Å². The summed E-state index contributed by atoms with van der Waals surface area (Å²) in [5, 5.41) is 5.71. The van der Waals surface area contributed by atoms with E-state index in [9.17, 15) is 36.0 Å². The molecular weight excluding hydrogens is 651 g/mol. The van der Waals surface area contributed by atoms with Gasteiger partial charge >= 0.3 is 6.18 Å². The van der Waals surface area contributed by atoms with Crippen LogP contribution in [0, 0.1) is 5.92 Å². The second kappa shape index (κ2) is 13.1. The third-order valence-corrected chi connectivity index (χ3v) is 11.2. The first-order valence-corrected chi connectivity index (χ1v) is 17.7. The van der Waals surface area contributed by atoms with Gasteiger partial charge in [0.1, 0.15) is 17.7 Å². The van der Waals surface area contributed by atoms with E-state index in [2.05, 4.69) is 26.9 Å². The van der Waals surface area contributed by atoms with Gasteiger partial charge in [-0.25, -0.2) is 13.4 Å². The van der Waals surface area contributed by atoms with Gasteiger partial charge in [0.25, 0.3) is 5.91 Å². The predicted octanol–water partition coefficient (Wildman–Crippen LogP) is 3.36. The molecule has 1 aromatic carbocycles. The topological polar surface area (TPSA) is 147 Å². The van der Waals surface area contributed by atoms with E-state index in [0.29, 0.717) is 31.1 Å². The predicted molar refractivity (Wildman–Crippen MR) is 171 cm³/mol. The number of alkyl halides is 3. The Kier molecular flexibility index (Phi) is 9.28. The number of fused-ring (bicyclic) bond motifs is 3. The zero-order valence-electron chi connectivity index (χ0n) is 26.2. The number of pyridine rings is 1. The molecule has 15 heteroatoms. The fourth-order valence-electron chi connectivity index (χ4n) is 6.45. The molecule has 3 heterocycles. The normalized spacial score (nSPS) is 29.0. The molecule has 48 heavy (non-hydrogen) atoms. The van der Waals surface area contributed by atoms with Crippen LogP contribution in [0.1, 0.15) is 56.9 Å². The van der Waals surface area contributed by atoms with E-state index in [1.54, 1.807) is 6.07 Å². The quantitative estimate of drug-likeness (QED) is 0.392. The highest BCUT2D eigenvalue weighted by Gasteiger charge is 2.62. The number of nitrogens with one attached hydrogen (secondary N) is 3. The second-order valence-corrected chi connectivity index (χ2v) is 14.9. The van der Waals surface area contributed by atoms with Crippen molar-refractivity contribution in [2.24, 2.45) is 5.92 Å². The molecule has 4 aliphatic rings. The van der Waals surface area contributed by atoms with Gasteiger partial charge in [0, 0.05) is 23.9 Å². The van der Waals surface area contributed by atoms with Gasteiger partial charge < -0.3 is 15.0 Å². The molecule has 0 spiro atoms. The van der Waals surface area contributed by atoms with E-state index in [0.717, 1.165) is 28.7 Å². The Morgan fingerprint density at radius 3 is 2.67 bits per heavy atom. The molecule has 3 fully saturated rings. The Hall–Kier alpha value is -3.98. The monoisotopic (exact) mass is 689 g/mol. The van der Waals surface area contributed by atoms with Crippen molar-refractivity contribution >= 4 is 44.6 Å². The van der Waals surface area contributed by atoms with Crippen LogP contribution in [0.25, 0.3) is 16.8 Å². The fourth-order valence-corrected chi connectivity index (χ4v) is 7.81. The zero-order valence-corrected chi connectivity index (χ0v) is 27.0. The van der Waals surface area contributed by atoms with Gasteiger partial charge in [-0.1, -0.05) is 36.8 Å². The number of amides is 3. The van der Waals surface area contributed by atoms with Crippen molar-refractivity contribution in [2.75, 3.05) is 13.1 Å². The molecule has 2 aromatic rings. The number of nitrogens with zero attached hydrogens (tertiary/aromatic N) is 2. The van der Waals surface area contributed by atoms with Crippen LogP contribution in [0.2, 0.25) is 0 Å². The maximum absolute atomic E-state index is 14.3. The van der Waals surface area contributed by atoms with E-state index < -0.39 is 68.8 Å². The van der Waals surface area contributed by atoms with Crippen molar-refractivity contribution < 1.29 is 40.7 Å². The standard InChI is InChI=1S/C33H38F3N5O6S/c1-2-22-18-32(22,31(44)40-48(45,46)24-11-12-24)39-28(42)26-17-23-19-41(26)30(43)27(33(34,35)36)37-14-7-5-3-4-6-8-20-9-10-21-13-15-38-29(47-23)25(21)16-20/h2,6,8-10,13,15-16,22-24,26-27,37H,1,3-5,7,11-12,14,17-19H2,(H,39,42)(H,40,44)/b8-6+/t22-,23-,26+,27-,32-/m1/s1. The minimum Gasteiger partial charge on any atom is -0.472 e. The number of allylic oxidation sites excluding steroid dienone is 1. The van der Waals surface area contributed by atoms with Crippen molar-refractivity contribution in [1.29, 1.82) is 0 Å². The van der Waals surface area contributed by atoms with Crippen molar-refractivity contribution in [3.8, 4) is 5.88 Å². The van der Waals surface area contributed by atoms with Crippen LogP contribution in [0.15, 0.2) is 49.2 Å². The number of ether oxygens (including phenoxy) is 1. The van der Waals surface area contributed by atoms with Gasteiger partial charge in [-0.05, 0) is 68.2 Å². The lowest BCUT2D eigenvalue weighted by Crippen LogP contribution is -2.60. The number of carbonyl (C=O) groups excluding carboxylic acids is 3. The van der Waals surface area contributed by atoms with Gasteiger partial charge in [-0.2, -0.15) is 13.2 Å². The smallest absolute Gasteiger partial charge is 0.412 e. The van der Waals surface area contributed by atoms with Crippen molar-refractivity contribution in [2.45, 2.75) is 86.5 Å². The lowest BCUT2D eigenvalue weighted by molar-refractivity contribution is -0.177. The minimum absolute atomic E-state index is 0.0400. The Labute approximate surface area is 276 Å². The van der Waals surface area contributed by atoms with Crippen LogP contribution in [0.5, 0.6) is 5.88 Å². The molecule has 5 atom stereocenters. The van der Waals surface area contributed by atoms with Gasteiger partial charge in [0.05, 0.1) is 11.8 Å². The SMILES string of the molecule is C=C[C@@H]1C[C@]1(NC(=O)[C@@H]1C[C@@H]2CN1C(=O)[C@H](C(F)(F)F)NCCCCC/C=C/c1ccc3ccnc(c3c1)O2)C(=O)NS(=O)(=O)C1CC1. The Balaban J connectivity index is 1.31. The molecule has 258 valence electrons. The number of benzene rings is 1. The summed E-state index contributed by atoms with van der Waals surface area (Å²) < 4.78 is 76.4. The molecule has 11 nitrogen and oxygen atoms in total. The highest BCUT2D eigenvalue weighted by Crippen LogP contribution is 2.45. The molecule has 2 saturated carbocycles. The zero-order chi connectivity index (χ0) is 34.3. The largest absolute Gasteiger partial charge is 0.472 e. The molecule has 0 radical (unpaired) electrons. The van der Waals surface area contributed by atoms with Crippen LogP contribution >= 0.6 is 0 Å². The van der Waals surface area contributed by atoms with Crippen LogP contribution in [0.4, 0.5) is 13.2 Å². The lowest BCUT2D eigenvalue weighted by Gasteiger charge is -2.30. The maximum Gasteiger partial charge on any atom is 0.412 e. The summed E-state index contributed by atoms with van der Waals surface area (Å²) >= 11 is 0. The number of halogens is 3. The molecule has 1 aromatic heterocycles. The molecule has 6 rings (SSSR count). The number of sulfonamides is 1. The van der Waals surface area contributed by atoms with E-state index >= 15 is 0 Å². The summed E-state index contributed by atoms with van der Waals surface area (Å²) in [5.74, 6) is -3.63. The van der Waals surface area contributed by atoms with Crippen LogP contribution in [-0.2, 0) is 24.4 Å². The van der Waals surface area contributed by atoms with Crippen molar-refractivity contribution in [3.63, 3.8) is 0 Å². The lowest BCUT2D eigenvalue weighted by atomic mass is 10.1. The van der Waals surface area contributed by atoms with Gasteiger partial charge in [0.15, 0.2) is 6.04 Å². The average molecular weight is 690 g/mol. The molecule has 2 aliphatic heterocycles. The summed E-state index contributed by atoms with van der Waals surface area (Å²) in [5.41, 5.74) is -0.770. The van der Waals surface area contributed by atoms with Gasteiger partial charge in [0.2, 0.25) is 27.7 Å². The van der Waals surface area contributed by atoms with Crippen LogP contribution in [-0.4, -0.2) is 84.3 Å². The fraction of sp³-hybridized carbons (Fsp3) is 0.515. The van der Waals surface area contributed by atoms with Gasteiger partial charge in [-0.15, -0.1) is 6.58 Å². The van der Waals surface area contributed by atoms with Crippen molar-refractivity contribution in [1.82, 2.24) is 25.2 Å². The third-order valence-electron chi connectivity index (χ3n) is 9.41. The first kappa shape index (κ1) is 33.9. The summed E-state index contributed by atoms with van der Waals surface area (Å²) in [6.07, 6.45) is 4.17. The first-order chi connectivity index (χ1) is 22.8. The summed E-state index contributed by atoms with van der Waals surface area (Å²) in [7, 11) is -3.96. The van der Waals surface area contributed by atoms with Crippen LogP contribution in [0.3, 0.4) is 0 Å². The second-order valence-electron chi connectivity index (χ2n) is 12.9. The van der Waals surface area contributed by atoms with E-state index in [1.807, 2.05) is 30.4 Å². The number of hydrogen-bond acceptors (Lipinski definition) is 8. The summed E-state index contributed by atoms with van der Waals surface area (Å²) in [6, 6.07) is 3.51. The summed E-state index contributed by atoms with van der Waals surface area (Å²) in [6.45, 7) is 3.24. The molecule has 0 unspecified atom stereocenters. The Bertz CT molecular complexity index is 1750. The minimum atomic E-state index is -4.96. The number of aromatic nitrogens is 1. The van der Waals surface area contributed by atoms with Crippen molar-refractivity contribution in [3.05, 3.63) is 54.8 Å². The Morgan fingerprint density at radius 1 is 1.17 bits per heavy atom. The molecule has 3 amide bonds. The molecule has 2 aliphatic carbocycles. The molecule has 1 saturated heterocycles. The van der Waals surface area contributed by atoms with Crippen LogP contribution < -0.4 is 20.1 Å². The summed E-state index contributed by atoms with van der Waals surface area (Å²) in [4.78, 5) is 46.1. The highest BCUT2D eigenvalue weighted by molar-refractivity contribution is 7.91. The average Bonchev–Trinajstić information content (AvgIpc) is 3.96. The van der Waals surface area contributed by atoms with E-state index in [-0.39, 0.29) is 31.8 Å². The number of rotatable bonds is 6. The number of carbonyl (C=O) groups is 3. The first-order valence-electron chi connectivity index (χ1n) is 16.2.